The Bertz CT molecular complexity index is 658. The van der Waals surface area contributed by atoms with Crippen molar-refractivity contribution in [3.05, 3.63) is 22.4 Å². The molecule has 3 amide bonds. The van der Waals surface area contributed by atoms with Gasteiger partial charge in [-0.3, -0.25) is 14.7 Å². The molecule has 28 heavy (non-hydrogen) atoms. The average Bonchev–Trinajstić information content (AvgIpc) is 3.33. The summed E-state index contributed by atoms with van der Waals surface area (Å²) in [7, 11) is 0. The van der Waals surface area contributed by atoms with Gasteiger partial charge in [0.25, 0.3) is 0 Å². The second kappa shape index (κ2) is 11.0. The molecule has 9 heteroatoms. The van der Waals surface area contributed by atoms with Crippen LogP contribution in [0, 0.1) is 0 Å². The minimum atomic E-state index is -0.317. The van der Waals surface area contributed by atoms with E-state index < -0.39 is 0 Å². The zero-order chi connectivity index (χ0) is 19.1. The van der Waals surface area contributed by atoms with Crippen LogP contribution in [0.4, 0.5) is 4.79 Å². The first kappa shape index (κ1) is 22.9. The minimum absolute atomic E-state index is 0. The number of hydrogen-bond donors (Lipinski definition) is 3. The van der Waals surface area contributed by atoms with E-state index in [1.165, 1.54) is 41.9 Å². The Morgan fingerprint density at radius 3 is 2.68 bits per heavy atom. The predicted octanol–water partition coefficient (Wildman–Crippen LogP) is 2.67. The Morgan fingerprint density at radius 2 is 2.07 bits per heavy atom. The summed E-state index contributed by atoms with van der Waals surface area (Å²) in [4.78, 5) is 30.8. The van der Waals surface area contributed by atoms with Gasteiger partial charge in [0.1, 0.15) is 0 Å². The minimum Gasteiger partial charge on any atom is -0.357 e. The molecule has 3 N–H and O–H groups in total. The number of halogens is 1. The summed E-state index contributed by atoms with van der Waals surface area (Å²) in [6.07, 6.45) is 6.17. The maximum Gasteiger partial charge on any atom is 0.324 e. The number of nitrogens with zero attached hydrogens (tertiary/aromatic N) is 2. The Morgan fingerprint density at radius 1 is 1.29 bits per heavy atom. The van der Waals surface area contributed by atoms with E-state index in [1.807, 2.05) is 18.3 Å². The predicted molar refractivity (Wildman–Crippen MR) is 124 cm³/mol. The first-order valence-electron chi connectivity index (χ1n) is 9.79. The number of carbonyl (C=O) groups excluding carboxylic acids is 2. The number of aliphatic imine (C=N–C) groups is 1. The quantitative estimate of drug-likeness (QED) is 0.224. The molecule has 1 aromatic rings. The van der Waals surface area contributed by atoms with Crippen LogP contribution in [0.25, 0.3) is 0 Å². The lowest BCUT2D eigenvalue weighted by atomic mass is 9.73. The lowest BCUT2D eigenvalue weighted by Crippen LogP contribution is -2.44. The van der Waals surface area contributed by atoms with E-state index in [0.29, 0.717) is 13.1 Å². The highest BCUT2D eigenvalue weighted by Gasteiger charge is 2.34. The molecule has 1 aliphatic carbocycles. The molecule has 7 nitrogen and oxygen atoms in total. The van der Waals surface area contributed by atoms with Gasteiger partial charge in [0.05, 0.1) is 13.1 Å². The van der Waals surface area contributed by atoms with Crippen LogP contribution in [-0.4, -0.2) is 55.5 Å². The Balaban J connectivity index is 0.00000280. The molecule has 0 aromatic carbocycles. The van der Waals surface area contributed by atoms with E-state index in [1.54, 1.807) is 0 Å². The van der Waals surface area contributed by atoms with Crippen molar-refractivity contribution in [3.8, 4) is 0 Å². The number of thiophene rings is 1. The molecule has 3 rings (SSSR count). The molecule has 2 heterocycles. The molecule has 0 radical (unpaired) electrons. The van der Waals surface area contributed by atoms with Crippen LogP contribution in [-0.2, 0) is 10.2 Å². The first-order valence-corrected chi connectivity index (χ1v) is 10.7. The third-order valence-corrected chi connectivity index (χ3v) is 6.42. The monoisotopic (exact) mass is 519 g/mol. The third-order valence-electron chi connectivity index (χ3n) is 5.30. The van der Waals surface area contributed by atoms with Crippen molar-refractivity contribution in [3.63, 3.8) is 0 Å². The third kappa shape index (κ3) is 5.59. The topological polar surface area (TPSA) is 85.8 Å². The van der Waals surface area contributed by atoms with Crippen molar-refractivity contribution in [2.24, 2.45) is 4.99 Å². The van der Waals surface area contributed by atoms with Gasteiger partial charge < -0.3 is 16.0 Å². The van der Waals surface area contributed by atoms with E-state index in [2.05, 4.69) is 33.5 Å². The van der Waals surface area contributed by atoms with Gasteiger partial charge in [-0.2, -0.15) is 0 Å². The second-order valence-corrected chi connectivity index (χ2v) is 8.09. The van der Waals surface area contributed by atoms with Crippen molar-refractivity contribution in [2.75, 3.05) is 32.7 Å². The summed E-state index contributed by atoms with van der Waals surface area (Å²) in [6, 6.07) is 4.05. The summed E-state index contributed by atoms with van der Waals surface area (Å²) < 4.78 is 0. The lowest BCUT2D eigenvalue weighted by molar-refractivity contribution is -0.124. The van der Waals surface area contributed by atoms with Crippen LogP contribution in [0.3, 0.4) is 0 Å². The molecule has 1 saturated heterocycles. The second-order valence-electron chi connectivity index (χ2n) is 7.14. The number of urea groups is 1. The smallest absolute Gasteiger partial charge is 0.324 e. The molecule has 0 atom stereocenters. The zero-order valence-electron chi connectivity index (χ0n) is 16.3. The normalized spacial score (nSPS) is 19.2. The van der Waals surface area contributed by atoms with Gasteiger partial charge in [-0.25, -0.2) is 4.79 Å². The number of rotatable bonds is 7. The van der Waals surface area contributed by atoms with Crippen LogP contribution in [0.2, 0.25) is 0 Å². The van der Waals surface area contributed by atoms with Crippen molar-refractivity contribution < 1.29 is 9.59 Å². The first-order chi connectivity index (χ1) is 13.1. The van der Waals surface area contributed by atoms with Gasteiger partial charge in [-0.1, -0.05) is 25.3 Å². The summed E-state index contributed by atoms with van der Waals surface area (Å²) in [5, 5.41) is 11.2. The number of imide groups is 1. The van der Waals surface area contributed by atoms with E-state index in [0.717, 1.165) is 19.0 Å². The molecule has 1 saturated carbocycles. The van der Waals surface area contributed by atoms with Crippen LogP contribution < -0.4 is 16.0 Å². The van der Waals surface area contributed by atoms with Crippen LogP contribution >= 0.6 is 35.3 Å². The Hall–Kier alpha value is -1.36. The maximum absolute atomic E-state index is 11.7. The van der Waals surface area contributed by atoms with E-state index in [9.17, 15) is 9.59 Å². The number of guanidine groups is 1. The van der Waals surface area contributed by atoms with E-state index >= 15 is 0 Å². The van der Waals surface area contributed by atoms with E-state index in [4.69, 9.17) is 4.99 Å². The fourth-order valence-corrected chi connectivity index (χ4v) is 4.81. The van der Waals surface area contributed by atoms with Crippen molar-refractivity contribution in [1.29, 1.82) is 0 Å². The van der Waals surface area contributed by atoms with Gasteiger partial charge in [0.15, 0.2) is 5.96 Å². The fraction of sp³-hybridized carbons (Fsp3) is 0.632. The van der Waals surface area contributed by atoms with Gasteiger partial charge in [-0.15, -0.1) is 35.3 Å². The van der Waals surface area contributed by atoms with E-state index in [-0.39, 0.29) is 47.9 Å². The number of amides is 3. The number of hydrogen-bond acceptors (Lipinski definition) is 4. The standard InChI is InChI=1S/C19H29N5O2S.HI/c1-2-20-17(21-10-11-24-16(25)13-22-18(24)26)23-14-19(8-4-3-5-9-19)15-7-6-12-27-15;/h6-7,12H,2-5,8-11,13-14H2,1H3,(H,22,26)(H2,20,21,23);1H. The van der Waals surface area contributed by atoms with Gasteiger partial charge in [-0.05, 0) is 31.2 Å². The van der Waals surface area contributed by atoms with Gasteiger partial charge in [0.2, 0.25) is 5.91 Å². The molecule has 0 unspecified atom stereocenters. The molecule has 0 bridgehead atoms. The van der Waals surface area contributed by atoms with Gasteiger partial charge >= 0.3 is 6.03 Å². The summed E-state index contributed by atoms with van der Waals surface area (Å²) in [5.41, 5.74) is 0.138. The summed E-state index contributed by atoms with van der Waals surface area (Å²) >= 11 is 1.83. The summed E-state index contributed by atoms with van der Waals surface area (Å²) in [6.45, 7) is 4.47. The molecular weight excluding hydrogens is 489 g/mol. The zero-order valence-corrected chi connectivity index (χ0v) is 19.5. The molecule has 2 aliphatic rings. The average molecular weight is 519 g/mol. The van der Waals surface area contributed by atoms with Crippen LogP contribution in [0.15, 0.2) is 22.5 Å². The van der Waals surface area contributed by atoms with Crippen molar-refractivity contribution in [2.45, 2.75) is 44.4 Å². The largest absolute Gasteiger partial charge is 0.357 e. The fourth-order valence-electron chi connectivity index (χ4n) is 3.83. The van der Waals surface area contributed by atoms with Crippen molar-refractivity contribution in [1.82, 2.24) is 20.9 Å². The SMILES string of the molecule is CCNC(=NCC1(c2cccs2)CCCCC1)NCCN1C(=O)CNC1=O.I. The summed E-state index contributed by atoms with van der Waals surface area (Å²) in [5.74, 6) is 0.564. The van der Waals surface area contributed by atoms with Crippen LogP contribution in [0.5, 0.6) is 0 Å². The van der Waals surface area contributed by atoms with Crippen LogP contribution in [0.1, 0.15) is 43.9 Å². The Labute approximate surface area is 187 Å². The molecule has 156 valence electrons. The molecular formula is C19H30IN5O2S. The number of nitrogens with one attached hydrogen (secondary N) is 3. The highest BCUT2D eigenvalue weighted by molar-refractivity contribution is 14.0. The maximum atomic E-state index is 11.7. The molecule has 1 aliphatic heterocycles. The number of carbonyl (C=O) groups is 2. The Kier molecular flexibility index (Phi) is 9.00. The van der Waals surface area contributed by atoms with Crippen molar-refractivity contribution >= 4 is 53.2 Å². The molecule has 2 fully saturated rings. The van der Waals surface area contributed by atoms with Gasteiger partial charge in [0, 0.05) is 29.9 Å². The molecule has 1 aromatic heterocycles. The lowest BCUT2D eigenvalue weighted by Gasteiger charge is -2.35. The highest BCUT2D eigenvalue weighted by Crippen LogP contribution is 2.41. The highest BCUT2D eigenvalue weighted by atomic mass is 127. The molecule has 0 spiro atoms.